The molecule has 0 saturated carbocycles. The first-order valence-corrected chi connectivity index (χ1v) is 10.1. The molecule has 4 rings (SSSR count). The number of ether oxygens (including phenoxy) is 3. The van der Waals surface area contributed by atoms with Gasteiger partial charge in [-0.15, -0.1) is 16.8 Å². The summed E-state index contributed by atoms with van der Waals surface area (Å²) < 4.78 is 32.7. The van der Waals surface area contributed by atoms with Gasteiger partial charge in [-0.25, -0.2) is 4.39 Å². The molecule has 0 N–H and O–H groups in total. The second kappa shape index (κ2) is 8.57. The highest BCUT2D eigenvalue weighted by molar-refractivity contribution is 7.98. The molecule has 2 aromatic carbocycles. The minimum absolute atomic E-state index is 0.227. The number of nitrogens with zero attached hydrogens (tertiary/aromatic N) is 3. The molecule has 0 bridgehead atoms. The van der Waals surface area contributed by atoms with Gasteiger partial charge in [0.05, 0.1) is 7.11 Å². The van der Waals surface area contributed by atoms with Crippen LogP contribution < -0.4 is 14.2 Å². The fourth-order valence-electron chi connectivity index (χ4n) is 3.04. The van der Waals surface area contributed by atoms with Crippen LogP contribution in [0.2, 0.25) is 0 Å². The third kappa shape index (κ3) is 4.07. The van der Waals surface area contributed by atoms with Crippen LogP contribution in [0.3, 0.4) is 0 Å². The Hall–Kier alpha value is -3.00. The molecule has 8 heteroatoms. The number of aromatic nitrogens is 3. The first kappa shape index (κ1) is 19.3. The maximum atomic E-state index is 13.9. The van der Waals surface area contributed by atoms with Gasteiger partial charge in [-0.3, -0.25) is 4.57 Å². The lowest BCUT2D eigenvalue weighted by atomic mass is 10.2. The van der Waals surface area contributed by atoms with Crippen molar-refractivity contribution in [1.29, 1.82) is 0 Å². The molecule has 1 aromatic heterocycles. The van der Waals surface area contributed by atoms with Crippen LogP contribution in [-0.4, -0.2) is 28.5 Å². The minimum Gasteiger partial charge on any atom is -0.494 e. The number of thioether (sulfide) groups is 1. The van der Waals surface area contributed by atoms with E-state index in [1.165, 1.54) is 24.9 Å². The van der Waals surface area contributed by atoms with Crippen molar-refractivity contribution in [3.63, 3.8) is 0 Å². The number of methoxy groups -OCH3 is 1. The summed E-state index contributed by atoms with van der Waals surface area (Å²) in [4.78, 5) is 0. The molecule has 3 aromatic rings. The van der Waals surface area contributed by atoms with Crippen LogP contribution in [0.4, 0.5) is 4.39 Å². The predicted molar refractivity (Wildman–Crippen MR) is 108 cm³/mol. The topological polar surface area (TPSA) is 58.4 Å². The molecule has 1 aliphatic heterocycles. The molecule has 0 aliphatic carbocycles. The number of allylic oxidation sites excluding steroid dienone is 1. The number of rotatable bonds is 7. The zero-order chi connectivity index (χ0) is 20.2. The normalized spacial score (nSPS) is 15.2. The summed E-state index contributed by atoms with van der Waals surface area (Å²) in [6.07, 6.45) is 1.41. The van der Waals surface area contributed by atoms with E-state index >= 15 is 0 Å². The first-order chi connectivity index (χ1) is 14.2. The van der Waals surface area contributed by atoms with Crippen molar-refractivity contribution >= 4 is 11.8 Å². The van der Waals surface area contributed by atoms with E-state index in [9.17, 15) is 4.39 Å². The lowest BCUT2D eigenvalue weighted by Crippen LogP contribution is -2.25. The van der Waals surface area contributed by atoms with Crippen LogP contribution in [0.15, 0.2) is 60.3 Å². The van der Waals surface area contributed by atoms with E-state index in [-0.39, 0.29) is 17.7 Å². The Labute approximate surface area is 172 Å². The van der Waals surface area contributed by atoms with E-state index in [1.807, 2.05) is 34.9 Å². The van der Waals surface area contributed by atoms with Crippen LogP contribution in [0, 0.1) is 5.82 Å². The molecule has 0 saturated heterocycles. The minimum atomic E-state index is -0.384. The van der Waals surface area contributed by atoms with Gasteiger partial charge >= 0.3 is 0 Å². The smallest absolute Gasteiger partial charge is 0.192 e. The van der Waals surface area contributed by atoms with Gasteiger partial charge in [0, 0.05) is 12.3 Å². The van der Waals surface area contributed by atoms with Gasteiger partial charge in [0.1, 0.15) is 6.61 Å². The van der Waals surface area contributed by atoms with Gasteiger partial charge in [-0.2, -0.15) is 0 Å². The molecular formula is C21H20FN3O3S. The highest BCUT2D eigenvalue weighted by Gasteiger charge is 2.28. The Balaban J connectivity index is 1.52. The summed E-state index contributed by atoms with van der Waals surface area (Å²) in [6, 6.07) is 12.5. The quantitative estimate of drug-likeness (QED) is 0.422. The Bertz CT molecular complexity index is 1020. The zero-order valence-electron chi connectivity index (χ0n) is 15.9. The van der Waals surface area contributed by atoms with Crippen molar-refractivity contribution in [1.82, 2.24) is 14.8 Å². The lowest BCUT2D eigenvalue weighted by Gasteiger charge is -2.26. The van der Waals surface area contributed by atoms with Crippen molar-refractivity contribution in [2.45, 2.75) is 23.6 Å². The number of hydrogen-bond acceptors (Lipinski definition) is 6. The molecule has 2 heterocycles. The van der Waals surface area contributed by atoms with E-state index in [0.717, 1.165) is 11.3 Å². The van der Waals surface area contributed by atoms with Crippen LogP contribution in [0.5, 0.6) is 17.2 Å². The monoisotopic (exact) mass is 413 g/mol. The Kier molecular flexibility index (Phi) is 5.71. The molecule has 1 aliphatic rings. The van der Waals surface area contributed by atoms with Gasteiger partial charge in [0.25, 0.3) is 0 Å². The molecule has 0 radical (unpaired) electrons. The molecule has 0 spiro atoms. The molecule has 1 atom stereocenters. The summed E-state index contributed by atoms with van der Waals surface area (Å²) in [5, 5.41) is 9.35. The van der Waals surface area contributed by atoms with E-state index in [2.05, 4.69) is 16.8 Å². The van der Waals surface area contributed by atoms with E-state index < -0.39 is 0 Å². The summed E-state index contributed by atoms with van der Waals surface area (Å²) >= 11 is 1.47. The molecule has 6 nitrogen and oxygen atoms in total. The van der Waals surface area contributed by atoms with Crippen LogP contribution >= 0.6 is 11.8 Å². The number of benzene rings is 2. The zero-order valence-corrected chi connectivity index (χ0v) is 16.7. The van der Waals surface area contributed by atoms with Crippen LogP contribution in [-0.2, 0) is 12.3 Å². The van der Waals surface area contributed by atoms with Crippen LogP contribution in [0.25, 0.3) is 0 Å². The Morgan fingerprint density at radius 2 is 2.10 bits per heavy atom. The van der Waals surface area contributed by atoms with Crippen molar-refractivity contribution in [3.05, 3.63) is 72.3 Å². The lowest BCUT2D eigenvalue weighted by molar-refractivity contribution is 0.0821. The predicted octanol–water partition coefficient (Wildman–Crippen LogP) is 4.42. The van der Waals surface area contributed by atoms with E-state index in [0.29, 0.717) is 35.6 Å². The molecular weight excluding hydrogens is 393 g/mol. The number of fused-ring (bicyclic) bond motifs is 1. The molecule has 0 amide bonds. The van der Waals surface area contributed by atoms with Crippen LogP contribution in [0.1, 0.15) is 17.5 Å². The van der Waals surface area contributed by atoms with Gasteiger partial charge in [-0.05, 0) is 29.8 Å². The first-order valence-electron chi connectivity index (χ1n) is 9.07. The second-order valence-electron chi connectivity index (χ2n) is 6.36. The molecule has 29 heavy (non-hydrogen) atoms. The maximum absolute atomic E-state index is 13.9. The number of para-hydroxylation sites is 2. The maximum Gasteiger partial charge on any atom is 0.192 e. The average molecular weight is 413 g/mol. The van der Waals surface area contributed by atoms with Crippen molar-refractivity contribution in [2.24, 2.45) is 0 Å². The van der Waals surface area contributed by atoms with Crippen molar-refractivity contribution in [2.75, 3.05) is 13.7 Å². The SMILES string of the molecule is C=CCn1c(SCc2ccc(OC)c(F)c2)nnc1[C@@H]1COc2ccccc2O1. The molecule has 0 fully saturated rings. The fraction of sp³-hybridized carbons (Fsp3) is 0.238. The average Bonchev–Trinajstić information content (AvgIpc) is 3.15. The Morgan fingerprint density at radius 3 is 2.86 bits per heavy atom. The summed E-state index contributed by atoms with van der Waals surface area (Å²) in [5.74, 6) is 2.45. The van der Waals surface area contributed by atoms with E-state index in [4.69, 9.17) is 14.2 Å². The molecule has 0 unspecified atom stereocenters. The van der Waals surface area contributed by atoms with E-state index in [1.54, 1.807) is 12.1 Å². The third-order valence-electron chi connectivity index (χ3n) is 4.44. The fourth-order valence-corrected chi connectivity index (χ4v) is 3.94. The van der Waals surface area contributed by atoms with Gasteiger partial charge in [0.15, 0.2) is 40.2 Å². The summed E-state index contributed by atoms with van der Waals surface area (Å²) in [5.41, 5.74) is 0.828. The van der Waals surface area contributed by atoms with Crippen molar-refractivity contribution < 1.29 is 18.6 Å². The summed E-state index contributed by atoms with van der Waals surface area (Å²) in [7, 11) is 1.45. The van der Waals surface area contributed by atoms with Crippen molar-refractivity contribution in [3.8, 4) is 17.2 Å². The number of halogens is 1. The van der Waals surface area contributed by atoms with Gasteiger partial charge < -0.3 is 14.2 Å². The highest BCUT2D eigenvalue weighted by atomic mass is 32.2. The van der Waals surface area contributed by atoms with Gasteiger partial charge in [-0.1, -0.05) is 36.0 Å². The molecule has 150 valence electrons. The third-order valence-corrected chi connectivity index (χ3v) is 5.48. The van der Waals surface area contributed by atoms with Gasteiger partial charge in [0.2, 0.25) is 0 Å². The summed E-state index contributed by atoms with van der Waals surface area (Å²) in [6.45, 7) is 4.71. The number of hydrogen-bond donors (Lipinski definition) is 0. The second-order valence-corrected chi connectivity index (χ2v) is 7.30. The standard InChI is InChI=1S/C21H20FN3O3S/c1-3-10-25-20(19-12-27-17-6-4-5-7-18(17)28-19)23-24-21(25)29-13-14-8-9-16(26-2)15(22)11-14/h3-9,11,19H,1,10,12-13H2,2H3/t19-/m0/s1. The largest absolute Gasteiger partial charge is 0.494 e. The Morgan fingerprint density at radius 1 is 1.28 bits per heavy atom. The highest BCUT2D eigenvalue weighted by Crippen LogP contribution is 2.36.